The van der Waals surface area contributed by atoms with Crippen LogP contribution in [0, 0.1) is 12.7 Å². The molecule has 1 unspecified atom stereocenters. The summed E-state index contributed by atoms with van der Waals surface area (Å²) in [5, 5.41) is 15.5. The van der Waals surface area contributed by atoms with Gasteiger partial charge in [0.25, 0.3) is 0 Å². The van der Waals surface area contributed by atoms with Crippen molar-refractivity contribution in [2.75, 3.05) is 25.1 Å². The summed E-state index contributed by atoms with van der Waals surface area (Å²) in [4.78, 5) is 28.6. The third-order valence-electron chi connectivity index (χ3n) is 8.22. The Bertz CT molecular complexity index is 1720. The molecule has 6 rings (SSSR count). The third-order valence-corrected chi connectivity index (χ3v) is 8.22. The Balaban J connectivity index is 1.26. The molecule has 2 aliphatic rings. The zero-order chi connectivity index (χ0) is 32.0. The molecule has 1 aromatic heterocycles. The molecule has 9 nitrogen and oxygen atoms in total. The fraction of sp³-hybridized carbons (Fsp3) is 0.306. The van der Waals surface area contributed by atoms with Crippen LogP contribution in [0.15, 0.2) is 72.8 Å². The molecule has 0 bridgehead atoms. The molecule has 0 aliphatic carbocycles. The number of aromatic nitrogens is 1. The van der Waals surface area contributed by atoms with E-state index in [-0.39, 0.29) is 35.8 Å². The van der Waals surface area contributed by atoms with E-state index < -0.39 is 11.8 Å². The number of carboxylic acids is 1. The molecule has 0 radical (unpaired) electrons. The van der Waals surface area contributed by atoms with Crippen LogP contribution in [0.2, 0.25) is 0 Å². The molecule has 3 heterocycles. The number of aromatic carboxylic acids is 1. The van der Waals surface area contributed by atoms with E-state index in [9.17, 15) is 14.7 Å². The highest BCUT2D eigenvalue weighted by Gasteiger charge is 2.26. The Morgan fingerprint density at radius 2 is 1.91 bits per heavy atom. The molecular weight excluding hydrogens is 589 g/mol. The minimum Gasteiger partial charge on any atom is -0.487 e. The molecule has 0 spiro atoms. The topological polar surface area (TPSA) is 119 Å². The summed E-state index contributed by atoms with van der Waals surface area (Å²) >= 11 is 0. The van der Waals surface area contributed by atoms with Gasteiger partial charge in [-0.15, -0.1) is 0 Å². The third kappa shape index (κ3) is 7.52. The molecular formula is C36H36FN3O6. The number of aryl methyl sites for hydroxylation is 1. The molecule has 46 heavy (non-hydrogen) atoms. The average Bonchev–Trinajstić information content (AvgIpc) is 3.05. The predicted octanol–water partition coefficient (Wildman–Crippen LogP) is 6.85. The number of amides is 1. The highest BCUT2D eigenvalue weighted by Crippen LogP contribution is 2.40. The summed E-state index contributed by atoms with van der Waals surface area (Å²) in [6.45, 7) is 3.63. The van der Waals surface area contributed by atoms with Gasteiger partial charge in [0.2, 0.25) is 5.91 Å². The van der Waals surface area contributed by atoms with Gasteiger partial charge in [-0.1, -0.05) is 18.2 Å². The maximum absolute atomic E-state index is 15.4. The SMILES string of the molecule is Cc1cccc(NC(=O)C[C@H]2NCCc3cc(OCC4CCCCO4)c(Oc4ccc(-c5ccc(C(=O)O)cc5)c(F)c4)cc32)n1. The van der Waals surface area contributed by atoms with Crippen molar-refractivity contribution in [1.29, 1.82) is 0 Å². The standard InChI is InChI=1S/C36H36FN3O6/c1-22-5-4-7-34(39-22)40-35(41)20-31-29-19-33(32(17-25(29)14-15-38-31)45-21-27-6-2-3-16-44-27)46-26-12-13-28(30(37)18-26)23-8-10-24(11-9-23)36(42)43/h4-5,7-13,17-19,27,31,38H,2-3,6,14-16,20-21H2,1H3,(H,42,43)(H,39,40,41)/t27?,31-/m1/s1. The smallest absolute Gasteiger partial charge is 0.335 e. The highest BCUT2D eigenvalue weighted by molar-refractivity contribution is 5.90. The molecule has 3 N–H and O–H groups in total. The maximum atomic E-state index is 15.4. The van der Waals surface area contributed by atoms with E-state index in [1.807, 2.05) is 31.2 Å². The quantitative estimate of drug-likeness (QED) is 0.175. The summed E-state index contributed by atoms with van der Waals surface area (Å²) in [6.07, 6.45) is 3.94. The van der Waals surface area contributed by atoms with E-state index in [1.54, 1.807) is 30.3 Å². The Kier molecular flexibility index (Phi) is 9.56. The number of fused-ring (bicyclic) bond motifs is 1. The average molecular weight is 626 g/mol. The number of hydrogen-bond acceptors (Lipinski definition) is 7. The molecule has 4 aromatic rings. The van der Waals surface area contributed by atoms with Crippen molar-refractivity contribution in [1.82, 2.24) is 10.3 Å². The summed E-state index contributed by atoms with van der Waals surface area (Å²) in [6, 6.07) is 19.6. The van der Waals surface area contributed by atoms with Gasteiger partial charge in [0.05, 0.1) is 11.7 Å². The molecule has 3 aromatic carbocycles. The van der Waals surface area contributed by atoms with Crippen molar-refractivity contribution in [3.63, 3.8) is 0 Å². The minimum absolute atomic E-state index is 0.0183. The number of anilines is 1. The van der Waals surface area contributed by atoms with Gasteiger partial charge in [0.1, 0.15) is 24.0 Å². The number of pyridine rings is 1. The molecule has 2 atom stereocenters. The van der Waals surface area contributed by atoms with E-state index in [0.717, 1.165) is 42.5 Å². The summed E-state index contributed by atoms with van der Waals surface area (Å²) < 4.78 is 33.8. The van der Waals surface area contributed by atoms with Crippen LogP contribution < -0.4 is 20.1 Å². The number of carboxylic acid groups (broad SMARTS) is 1. The van der Waals surface area contributed by atoms with Gasteiger partial charge in [-0.2, -0.15) is 0 Å². The van der Waals surface area contributed by atoms with Gasteiger partial charge in [0.15, 0.2) is 11.5 Å². The lowest BCUT2D eigenvalue weighted by atomic mass is 9.91. The number of halogens is 1. The van der Waals surface area contributed by atoms with Crippen LogP contribution in [-0.2, 0) is 16.0 Å². The number of ether oxygens (including phenoxy) is 3. The first-order valence-corrected chi connectivity index (χ1v) is 15.5. The van der Waals surface area contributed by atoms with Crippen LogP contribution >= 0.6 is 0 Å². The first-order chi connectivity index (χ1) is 22.3. The molecule has 1 fully saturated rings. The lowest BCUT2D eigenvalue weighted by Gasteiger charge is -2.29. The number of rotatable bonds is 10. The van der Waals surface area contributed by atoms with E-state index in [1.165, 1.54) is 18.2 Å². The van der Waals surface area contributed by atoms with E-state index in [0.29, 0.717) is 48.2 Å². The van der Waals surface area contributed by atoms with Gasteiger partial charge >= 0.3 is 5.97 Å². The van der Waals surface area contributed by atoms with Gasteiger partial charge in [0, 0.05) is 36.4 Å². The first kappa shape index (κ1) is 31.2. The minimum atomic E-state index is -1.05. The number of nitrogens with zero attached hydrogens (tertiary/aromatic N) is 1. The maximum Gasteiger partial charge on any atom is 0.335 e. The molecule has 1 amide bonds. The summed E-state index contributed by atoms with van der Waals surface area (Å²) in [5.41, 5.74) is 3.76. The number of nitrogens with one attached hydrogen (secondary N) is 2. The zero-order valence-electron chi connectivity index (χ0n) is 25.6. The normalized spacial score (nSPS) is 17.5. The molecule has 1 saturated heterocycles. The van der Waals surface area contributed by atoms with Gasteiger partial charge in [-0.25, -0.2) is 14.2 Å². The number of carbonyl (C=O) groups is 2. The Morgan fingerprint density at radius 3 is 2.65 bits per heavy atom. The van der Waals surface area contributed by atoms with Crippen LogP contribution in [-0.4, -0.2) is 47.8 Å². The van der Waals surface area contributed by atoms with Crippen LogP contribution in [0.3, 0.4) is 0 Å². The van der Waals surface area contributed by atoms with E-state index in [2.05, 4.69) is 15.6 Å². The van der Waals surface area contributed by atoms with Crippen LogP contribution in [0.25, 0.3) is 11.1 Å². The van der Waals surface area contributed by atoms with Gasteiger partial charge in [-0.3, -0.25) is 4.79 Å². The zero-order valence-corrected chi connectivity index (χ0v) is 25.6. The Labute approximate surface area is 266 Å². The number of hydrogen-bond donors (Lipinski definition) is 3. The van der Waals surface area contributed by atoms with Gasteiger partial charge < -0.3 is 30.0 Å². The van der Waals surface area contributed by atoms with Crippen molar-refractivity contribution in [2.45, 2.75) is 51.2 Å². The lowest BCUT2D eigenvalue weighted by Crippen LogP contribution is -2.33. The largest absolute Gasteiger partial charge is 0.487 e. The monoisotopic (exact) mass is 625 g/mol. The molecule has 0 saturated carbocycles. The second-order valence-electron chi connectivity index (χ2n) is 11.6. The summed E-state index contributed by atoms with van der Waals surface area (Å²) in [5.74, 6) is -0.0342. The fourth-order valence-electron chi connectivity index (χ4n) is 5.85. The fourth-order valence-corrected chi connectivity index (χ4v) is 5.85. The lowest BCUT2D eigenvalue weighted by molar-refractivity contribution is -0.116. The molecule has 238 valence electrons. The first-order valence-electron chi connectivity index (χ1n) is 15.5. The van der Waals surface area contributed by atoms with Crippen molar-refractivity contribution in [3.05, 3.63) is 101 Å². The Morgan fingerprint density at radius 1 is 1.07 bits per heavy atom. The number of benzene rings is 3. The predicted molar refractivity (Wildman–Crippen MR) is 171 cm³/mol. The molecule has 10 heteroatoms. The van der Waals surface area contributed by atoms with Crippen molar-refractivity contribution in [2.24, 2.45) is 0 Å². The second kappa shape index (κ2) is 14.1. The van der Waals surface area contributed by atoms with Crippen LogP contribution in [0.1, 0.15) is 58.9 Å². The Hall–Kier alpha value is -4.80. The van der Waals surface area contributed by atoms with Gasteiger partial charge in [-0.05, 0) is 104 Å². The van der Waals surface area contributed by atoms with Crippen molar-refractivity contribution in [3.8, 4) is 28.4 Å². The van der Waals surface area contributed by atoms with Crippen molar-refractivity contribution < 1.29 is 33.3 Å². The van der Waals surface area contributed by atoms with Crippen LogP contribution in [0.4, 0.5) is 10.2 Å². The summed E-state index contributed by atoms with van der Waals surface area (Å²) in [7, 11) is 0. The number of carbonyl (C=O) groups excluding carboxylic acids is 1. The molecule has 2 aliphatic heterocycles. The highest BCUT2D eigenvalue weighted by atomic mass is 19.1. The second-order valence-corrected chi connectivity index (χ2v) is 11.6. The van der Waals surface area contributed by atoms with Crippen molar-refractivity contribution >= 4 is 17.7 Å². The van der Waals surface area contributed by atoms with Crippen LogP contribution in [0.5, 0.6) is 17.2 Å². The van der Waals surface area contributed by atoms with E-state index in [4.69, 9.17) is 14.2 Å². The van der Waals surface area contributed by atoms with E-state index >= 15 is 4.39 Å².